The first kappa shape index (κ1) is 20.5. The first-order valence-electron chi connectivity index (χ1n) is 10.3. The number of carbonyl (C=O) groups excluding carboxylic acids is 1. The van der Waals surface area contributed by atoms with Crippen LogP contribution in [0.1, 0.15) is 16.7 Å². The van der Waals surface area contributed by atoms with Gasteiger partial charge in [-0.2, -0.15) is 0 Å². The lowest BCUT2D eigenvalue weighted by molar-refractivity contribution is -0.120. The third-order valence-corrected chi connectivity index (χ3v) is 5.32. The number of rotatable bonds is 8. The van der Waals surface area contributed by atoms with Gasteiger partial charge >= 0.3 is 0 Å². The molecule has 1 amide bonds. The van der Waals surface area contributed by atoms with Gasteiger partial charge in [-0.15, -0.1) is 0 Å². The Morgan fingerprint density at radius 1 is 0.871 bits per heavy atom. The number of hydrogen-bond acceptors (Lipinski definition) is 3. The van der Waals surface area contributed by atoms with Gasteiger partial charge in [0.2, 0.25) is 5.91 Å². The Hall–Kier alpha value is -3.73. The lowest BCUT2D eigenvalue weighted by Crippen LogP contribution is -2.24. The smallest absolute Gasteiger partial charge is 0.224 e. The Kier molecular flexibility index (Phi) is 6.22. The summed E-state index contributed by atoms with van der Waals surface area (Å²) in [7, 11) is 3.30. The van der Waals surface area contributed by atoms with E-state index in [4.69, 9.17) is 9.47 Å². The van der Waals surface area contributed by atoms with Gasteiger partial charge in [-0.3, -0.25) is 4.79 Å². The fourth-order valence-electron chi connectivity index (χ4n) is 3.78. The van der Waals surface area contributed by atoms with Crippen molar-refractivity contribution < 1.29 is 14.3 Å². The van der Waals surface area contributed by atoms with Gasteiger partial charge < -0.3 is 19.4 Å². The van der Waals surface area contributed by atoms with Crippen molar-refractivity contribution in [2.45, 2.75) is 19.5 Å². The average molecular weight is 415 g/mol. The molecule has 5 nitrogen and oxygen atoms in total. The third kappa shape index (κ3) is 4.89. The molecule has 0 aliphatic heterocycles. The summed E-state index contributed by atoms with van der Waals surface area (Å²) in [6.07, 6.45) is 2.40. The van der Waals surface area contributed by atoms with E-state index in [0.29, 0.717) is 19.5 Å². The Bertz CT molecular complexity index is 1160. The number of fused-ring (bicyclic) bond motifs is 1. The van der Waals surface area contributed by atoms with E-state index in [9.17, 15) is 4.79 Å². The van der Waals surface area contributed by atoms with Gasteiger partial charge in [-0.1, -0.05) is 48.5 Å². The minimum atomic E-state index is 0.00908. The first-order chi connectivity index (χ1) is 15.2. The van der Waals surface area contributed by atoms with Crippen LogP contribution in [-0.4, -0.2) is 24.7 Å². The molecule has 1 heterocycles. The van der Waals surface area contributed by atoms with E-state index in [2.05, 4.69) is 28.2 Å². The van der Waals surface area contributed by atoms with Crippen LogP contribution in [0.2, 0.25) is 0 Å². The summed E-state index contributed by atoms with van der Waals surface area (Å²) in [6.45, 7) is 1.18. The molecule has 5 heteroatoms. The van der Waals surface area contributed by atoms with E-state index in [1.165, 1.54) is 0 Å². The standard InChI is InChI=1S/C26H26N2O3/c1-30-22-12-20(13-23(15-22)31-2)17-28-18-21(24-10-6-7-11-25(24)28)14-26(29)27-16-19-8-4-3-5-9-19/h3-13,15,18H,14,16-17H2,1-2H3,(H,27,29). The Balaban J connectivity index is 1.55. The molecule has 3 aromatic carbocycles. The largest absolute Gasteiger partial charge is 0.497 e. The van der Waals surface area contributed by atoms with E-state index < -0.39 is 0 Å². The van der Waals surface area contributed by atoms with Gasteiger partial charge in [-0.25, -0.2) is 0 Å². The highest BCUT2D eigenvalue weighted by atomic mass is 16.5. The van der Waals surface area contributed by atoms with Crippen LogP contribution < -0.4 is 14.8 Å². The summed E-state index contributed by atoms with van der Waals surface area (Å²) in [5.74, 6) is 1.52. The second-order valence-corrected chi connectivity index (χ2v) is 7.46. The van der Waals surface area contributed by atoms with Crippen molar-refractivity contribution in [3.05, 3.63) is 95.7 Å². The molecule has 0 aliphatic carbocycles. The number of aromatic nitrogens is 1. The van der Waals surface area contributed by atoms with Crippen molar-refractivity contribution in [3.8, 4) is 11.5 Å². The Morgan fingerprint density at radius 2 is 1.55 bits per heavy atom. The van der Waals surface area contributed by atoms with Crippen LogP contribution in [-0.2, 0) is 24.3 Å². The van der Waals surface area contributed by atoms with Crippen LogP contribution in [0.25, 0.3) is 10.9 Å². The molecule has 4 aromatic rings. The van der Waals surface area contributed by atoms with Gasteiger partial charge in [0, 0.05) is 36.3 Å². The van der Waals surface area contributed by atoms with Crippen molar-refractivity contribution in [1.82, 2.24) is 9.88 Å². The second kappa shape index (κ2) is 9.39. The topological polar surface area (TPSA) is 52.5 Å². The molecule has 0 unspecified atom stereocenters. The number of ether oxygens (including phenoxy) is 2. The van der Waals surface area contributed by atoms with Crippen LogP contribution in [0.3, 0.4) is 0 Å². The summed E-state index contributed by atoms with van der Waals surface area (Å²) in [6, 6.07) is 24.0. The summed E-state index contributed by atoms with van der Waals surface area (Å²) in [4.78, 5) is 12.6. The highest BCUT2D eigenvalue weighted by Crippen LogP contribution is 2.26. The fourth-order valence-corrected chi connectivity index (χ4v) is 3.78. The van der Waals surface area contributed by atoms with E-state index in [0.717, 1.165) is 39.1 Å². The van der Waals surface area contributed by atoms with Crippen molar-refractivity contribution >= 4 is 16.8 Å². The number of nitrogens with zero attached hydrogens (tertiary/aromatic N) is 1. The normalized spacial score (nSPS) is 10.8. The Morgan fingerprint density at radius 3 is 2.26 bits per heavy atom. The van der Waals surface area contributed by atoms with E-state index in [-0.39, 0.29) is 5.91 Å². The number of amides is 1. The summed E-state index contributed by atoms with van der Waals surface area (Å²) >= 11 is 0. The SMILES string of the molecule is COc1cc(Cn2cc(CC(=O)NCc3ccccc3)c3ccccc32)cc(OC)c1. The molecule has 0 aliphatic rings. The van der Waals surface area contributed by atoms with Gasteiger partial charge in [0.25, 0.3) is 0 Å². The summed E-state index contributed by atoms with van der Waals surface area (Å²) < 4.78 is 13.0. The van der Waals surface area contributed by atoms with Crippen LogP contribution in [0, 0.1) is 0 Å². The molecular weight excluding hydrogens is 388 g/mol. The minimum absolute atomic E-state index is 0.00908. The van der Waals surface area contributed by atoms with Crippen molar-refractivity contribution in [2.24, 2.45) is 0 Å². The molecule has 0 spiro atoms. The second-order valence-electron chi connectivity index (χ2n) is 7.46. The first-order valence-corrected chi connectivity index (χ1v) is 10.3. The van der Waals surface area contributed by atoms with Gasteiger partial charge in [0.05, 0.1) is 20.6 Å². The zero-order chi connectivity index (χ0) is 21.6. The monoisotopic (exact) mass is 414 g/mol. The average Bonchev–Trinajstić information content (AvgIpc) is 3.15. The highest BCUT2D eigenvalue weighted by molar-refractivity contribution is 5.89. The Labute approximate surface area is 182 Å². The van der Waals surface area contributed by atoms with Crippen LogP contribution in [0.15, 0.2) is 79.0 Å². The fraction of sp³-hybridized carbons (Fsp3) is 0.192. The maximum absolute atomic E-state index is 12.6. The molecular formula is C26H26N2O3. The van der Waals surface area contributed by atoms with Crippen molar-refractivity contribution in [3.63, 3.8) is 0 Å². The summed E-state index contributed by atoms with van der Waals surface area (Å²) in [5.41, 5.74) is 4.26. The number of para-hydroxylation sites is 1. The van der Waals surface area contributed by atoms with Gasteiger partial charge in [-0.05, 0) is 34.9 Å². The maximum atomic E-state index is 12.6. The quantitative estimate of drug-likeness (QED) is 0.460. The molecule has 0 saturated carbocycles. The molecule has 0 saturated heterocycles. The molecule has 158 valence electrons. The number of carbonyl (C=O) groups is 1. The molecule has 0 atom stereocenters. The number of methoxy groups -OCH3 is 2. The summed E-state index contributed by atoms with van der Waals surface area (Å²) in [5, 5.41) is 4.11. The molecule has 1 N–H and O–H groups in total. The zero-order valence-electron chi connectivity index (χ0n) is 17.8. The van der Waals surface area contributed by atoms with E-state index >= 15 is 0 Å². The lowest BCUT2D eigenvalue weighted by atomic mass is 10.1. The van der Waals surface area contributed by atoms with E-state index in [1.54, 1.807) is 14.2 Å². The van der Waals surface area contributed by atoms with Crippen LogP contribution in [0.5, 0.6) is 11.5 Å². The van der Waals surface area contributed by atoms with E-state index in [1.807, 2.05) is 60.7 Å². The van der Waals surface area contributed by atoms with Crippen LogP contribution in [0.4, 0.5) is 0 Å². The number of nitrogens with one attached hydrogen (secondary N) is 1. The molecule has 0 fully saturated rings. The molecule has 0 radical (unpaired) electrons. The molecule has 1 aromatic heterocycles. The molecule has 0 bridgehead atoms. The predicted molar refractivity (Wildman–Crippen MR) is 123 cm³/mol. The minimum Gasteiger partial charge on any atom is -0.497 e. The predicted octanol–water partition coefficient (Wildman–Crippen LogP) is 4.57. The lowest BCUT2D eigenvalue weighted by Gasteiger charge is -2.10. The van der Waals surface area contributed by atoms with Gasteiger partial charge in [0.1, 0.15) is 11.5 Å². The number of benzene rings is 3. The molecule has 4 rings (SSSR count). The molecule has 31 heavy (non-hydrogen) atoms. The number of hydrogen-bond donors (Lipinski definition) is 1. The van der Waals surface area contributed by atoms with Crippen molar-refractivity contribution in [2.75, 3.05) is 14.2 Å². The highest BCUT2D eigenvalue weighted by Gasteiger charge is 2.13. The zero-order valence-corrected chi connectivity index (χ0v) is 17.8. The van der Waals surface area contributed by atoms with Crippen molar-refractivity contribution in [1.29, 1.82) is 0 Å². The van der Waals surface area contributed by atoms with Gasteiger partial charge in [0.15, 0.2) is 0 Å². The third-order valence-electron chi connectivity index (χ3n) is 5.32. The maximum Gasteiger partial charge on any atom is 0.224 e. The van der Waals surface area contributed by atoms with Crippen LogP contribution >= 0.6 is 0 Å².